The van der Waals surface area contributed by atoms with Crippen LogP contribution in [0.4, 0.5) is 0 Å². The minimum Gasteiger partial charge on any atom is -0.455 e. The van der Waals surface area contributed by atoms with Gasteiger partial charge in [0.15, 0.2) is 0 Å². The molecule has 2 aliphatic rings. The van der Waals surface area contributed by atoms with Crippen molar-refractivity contribution in [2.75, 3.05) is 0 Å². The highest BCUT2D eigenvalue weighted by atomic mass is 16.6. The fourth-order valence-corrected chi connectivity index (χ4v) is 2.63. The van der Waals surface area contributed by atoms with Crippen LogP contribution in [0, 0.1) is 5.92 Å². The first-order valence-electron chi connectivity index (χ1n) is 5.25. The van der Waals surface area contributed by atoms with Crippen LogP contribution in [-0.4, -0.2) is 11.6 Å². The van der Waals surface area contributed by atoms with Gasteiger partial charge in [0.05, 0.1) is 5.57 Å². The summed E-state index contributed by atoms with van der Waals surface area (Å²) in [5.41, 5.74) is 2.96. The van der Waals surface area contributed by atoms with E-state index in [1.807, 2.05) is 0 Å². The zero-order valence-corrected chi connectivity index (χ0v) is 8.64. The van der Waals surface area contributed by atoms with Gasteiger partial charge in [-0.3, -0.25) is 0 Å². The SMILES string of the molecule is C=C=C(C)C(=O)OC12CCC(CC1)C2. The average Bonchev–Trinajstić information content (AvgIpc) is 2.75. The number of rotatable bonds is 2. The third-order valence-electron chi connectivity index (χ3n) is 3.56. The minimum atomic E-state index is -0.234. The molecule has 76 valence electrons. The summed E-state index contributed by atoms with van der Waals surface area (Å²) in [7, 11) is 0. The second kappa shape index (κ2) is 3.29. The van der Waals surface area contributed by atoms with Crippen molar-refractivity contribution in [1.82, 2.24) is 0 Å². The van der Waals surface area contributed by atoms with E-state index in [1.54, 1.807) is 6.92 Å². The van der Waals surface area contributed by atoms with Gasteiger partial charge in [0.1, 0.15) is 5.60 Å². The van der Waals surface area contributed by atoms with Gasteiger partial charge in [0.25, 0.3) is 0 Å². The predicted octanol–water partition coefficient (Wildman–Crippen LogP) is 2.59. The topological polar surface area (TPSA) is 26.3 Å². The molecule has 0 aromatic heterocycles. The van der Waals surface area contributed by atoms with E-state index in [9.17, 15) is 4.79 Å². The maximum atomic E-state index is 11.6. The Morgan fingerprint density at radius 1 is 1.50 bits per heavy atom. The third kappa shape index (κ3) is 1.51. The first kappa shape index (κ1) is 9.54. The van der Waals surface area contributed by atoms with Gasteiger partial charge in [-0.15, -0.1) is 5.73 Å². The van der Waals surface area contributed by atoms with Crippen LogP contribution >= 0.6 is 0 Å². The Bertz CT molecular complexity index is 302. The Labute approximate surface area is 84.6 Å². The van der Waals surface area contributed by atoms with Crippen molar-refractivity contribution in [3.05, 3.63) is 17.9 Å². The van der Waals surface area contributed by atoms with Crippen molar-refractivity contribution in [1.29, 1.82) is 0 Å². The number of esters is 1. The van der Waals surface area contributed by atoms with Gasteiger partial charge in [-0.25, -0.2) is 4.79 Å². The van der Waals surface area contributed by atoms with E-state index in [4.69, 9.17) is 4.74 Å². The summed E-state index contributed by atoms with van der Waals surface area (Å²) in [5.74, 6) is 0.568. The molecule has 2 fully saturated rings. The summed E-state index contributed by atoms with van der Waals surface area (Å²) in [6.45, 7) is 5.15. The molecule has 2 heteroatoms. The molecule has 0 aromatic carbocycles. The van der Waals surface area contributed by atoms with Crippen LogP contribution < -0.4 is 0 Å². The van der Waals surface area contributed by atoms with E-state index in [1.165, 1.54) is 12.8 Å². The Morgan fingerprint density at radius 2 is 2.14 bits per heavy atom. The molecule has 0 heterocycles. The maximum Gasteiger partial charge on any atom is 0.342 e. The molecule has 0 unspecified atom stereocenters. The van der Waals surface area contributed by atoms with Crippen molar-refractivity contribution < 1.29 is 9.53 Å². The molecule has 14 heavy (non-hydrogen) atoms. The fraction of sp³-hybridized carbons (Fsp3) is 0.667. The van der Waals surface area contributed by atoms with Gasteiger partial charge in [0.2, 0.25) is 0 Å². The van der Waals surface area contributed by atoms with Crippen molar-refractivity contribution in [2.45, 2.75) is 44.6 Å². The van der Waals surface area contributed by atoms with Gasteiger partial charge >= 0.3 is 5.97 Å². The molecular formula is C12H16O2. The van der Waals surface area contributed by atoms with Crippen LogP contribution in [0.15, 0.2) is 17.9 Å². The van der Waals surface area contributed by atoms with Crippen LogP contribution in [0.5, 0.6) is 0 Å². The Kier molecular flexibility index (Phi) is 2.24. The Morgan fingerprint density at radius 3 is 2.57 bits per heavy atom. The van der Waals surface area contributed by atoms with Gasteiger partial charge in [-0.2, -0.15) is 0 Å². The third-order valence-corrected chi connectivity index (χ3v) is 3.56. The Balaban J connectivity index is 2.04. The van der Waals surface area contributed by atoms with Crippen molar-refractivity contribution in [3.63, 3.8) is 0 Å². The molecule has 2 rings (SSSR count). The molecule has 2 aliphatic carbocycles. The van der Waals surface area contributed by atoms with Crippen LogP contribution in [-0.2, 0) is 9.53 Å². The van der Waals surface area contributed by atoms with Gasteiger partial charge in [0, 0.05) is 0 Å². The van der Waals surface area contributed by atoms with Crippen molar-refractivity contribution in [3.8, 4) is 0 Å². The lowest BCUT2D eigenvalue weighted by Crippen LogP contribution is -2.30. The van der Waals surface area contributed by atoms with Crippen LogP contribution in [0.1, 0.15) is 39.0 Å². The molecule has 0 aromatic rings. The predicted molar refractivity (Wildman–Crippen MR) is 53.7 cm³/mol. The smallest absolute Gasteiger partial charge is 0.342 e. The Hall–Kier alpha value is -1.01. The van der Waals surface area contributed by atoms with Gasteiger partial charge < -0.3 is 4.74 Å². The normalized spacial score (nSPS) is 33.9. The van der Waals surface area contributed by atoms with E-state index in [-0.39, 0.29) is 11.6 Å². The number of hydrogen-bond acceptors (Lipinski definition) is 2. The second-order valence-corrected chi connectivity index (χ2v) is 4.52. The molecule has 0 saturated heterocycles. The number of carbonyl (C=O) groups is 1. The highest BCUT2D eigenvalue weighted by Crippen LogP contribution is 2.50. The quantitative estimate of drug-likeness (QED) is 0.382. The van der Waals surface area contributed by atoms with E-state index < -0.39 is 0 Å². The molecule has 2 saturated carbocycles. The minimum absolute atomic E-state index is 0.125. The largest absolute Gasteiger partial charge is 0.455 e. The summed E-state index contributed by atoms with van der Waals surface area (Å²) in [6, 6.07) is 0. The molecule has 0 atom stereocenters. The van der Waals surface area contributed by atoms with E-state index in [0.29, 0.717) is 5.57 Å². The van der Waals surface area contributed by atoms with Crippen molar-refractivity contribution in [2.24, 2.45) is 5.92 Å². The highest BCUT2D eigenvalue weighted by Gasteiger charge is 2.47. The second-order valence-electron chi connectivity index (χ2n) is 4.52. The molecule has 0 N–H and O–H groups in total. The van der Waals surface area contributed by atoms with Crippen LogP contribution in [0.3, 0.4) is 0 Å². The summed E-state index contributed by atoms with van der Waals surface area (Å²) in [4.78, 5) is 11.6. The number of hydrogen-bond donors (Lipinski definition) is 0. The lowest BCUT2D eigenvalue weighted by Gasteiger charge is -2.26. The summed E-state index contributed by atoms with van der Waals surface area (Å²) >= 11 is 0. The molecule has 0 radical (unpaired) electrons. The maximum absolute atomic E-state index is 11.6. The summed E-state index contributed by atoms with van der Waals surface area (Å²) in [5, 5.41) is 0. The zero-order chi connectivity index (χ0) is 10.2. The lowest BCUT2D eigenvalue weighted by atomic mass is 9.97. The van der Waals surface area contributed by atoms with E-state index in [0.717, 1.165) is 25.2 Å². The molecule has 0 spiro atoms. The summed E-state index contributed by atoms with van der Waals surface area (Å²) in [6.07, 6.45) is 5.62. The lowest BCUT2D eigenvalue weighted by molar-refractivity contribution is -0.153. The first-order chi connectivity index (χ1) is 6.65. The number of fused-ring (bicyclic) bond motifs is 2. The monoisotopic (exact) mass is 192 g/mol. The number of carbonyl (C=O) groups excluding carboxylic acids is 1. The van der Waals surface area contributed by atoms with Gasteiger partial charge in [-0.05, 0) is 44.9 Å². The fourth-order valence-electron chi connectivity index (χ4n) is 2.63. The number of ether oxygens (including phenoxy) is 1. The van der Waals surface area contributed by atoms with E-state index in [2.05, 4.69) is 12.3 Å². The molecular weight excluding hydrogens is 176 g/mol. The molecule has 0 amide bonds. The first-order valence-corrected chi connectivity index (χ1v) is 5.25. The van der Waals surface area contributed by atoms with Crippen LogP contribution in [0.25, 0.3) is 0 Å². The zero-order valence-electron chi connectivity index (χ0n) is 8.64. The summed E-state index contributed by atoms with van der Waals surface area (Å²) < 4.78 is 5.56. The van der Waals surface area contributed by atoms with E-state index >= 15 is 0 Å². The van der Waals surface area contributed by atoms with Crippen molar-refractivity contribution >= 4 is 5.97 Å². The van der Waals surface area contributed by atoms with Crippen LogP contribution in [0.2, 0.25) is 0 Å². The molecule has 2 nitrogen and oxygen atoms in total. The highest BCUT2D eigenvalue weighted by molar-refractivity contribution is 5.87. The standard InChI is InChI=1S/C12H16O2/c1-3-9(2)11(13)14-12-6-4-10(8-12)5-7-12/h10H,1,4-8H2,2H3. The van der Waals surface area contributed by atoms with Gasteiger partial charge in [-0.1, -0.05) is 6.58 Å². The average molecular weight is 192 g/mol. The molecule has 2 bridgehead atoms. The molecule has 0 aliphatic heterocycles.